The van der Waals surface area contributed by atoms with Gasteiger partial charge in [-0.1, -0.05) is 6.42 Å². The predicted octanol–water partition coefficient (Wildman–Crippen LogP) is 0.694. The summed E-state index contributed by atoms with van der Waals surface area (Å²) in [5.74, 6) is -0.00125. The molecule has 1 aromatic heterocycles. The van der Waals surface area contributed by atoms with Gasteiger partial charge >= 0.3 is 0 Å². The second kappa shape index (κ2) is 7.07. The third-order valence-corrected chi connectivity index (χ3v) is 3.65. The summed E-state index contributed by atoms with van der Waals surface area (Å²) in [7, 11) is 0. The molecule has 110 valence electrons. The first kappa shape index (κ1) is 14.6. The van der Waals surface area contributed by atoms with Crippen molar-refractivity contribution < 1.29 is 9.59 Å². The van der Waals surface area contributed by atoms with Gasteiger partial charge in [0, 0.05) is 31.4 Å². The van der Waals surface area contributed by atoms with E-state index in [1.807, 2.05) is 16.9 Å². The Kier molecular flexibility index (Phi) is 5.15. The highest BCUT2D eigenvalue weighted by molar-refractivity contribution is 5.88. The molecule has 0 aromatic carbocycles. The van der Waals surface area contributed by atoms with E-state index in [0.29, 0.717) is 6.54 Å². The highest BCUT2D eigenvalue weighted by Gasteiger charge is 2.27. The van der Waals surface area contributed by atoms with Gasteiger partial charge in [0.05, 0.1) is 0 Å². The number of nitrogens with zero attached hydrogens (tertiary/aromatic N) is 2. The fourth-order valence-electron chi connectivity index (χ4n) is 2.11. The minimum absolute atomic E-state index is 0.00967. The molecule has 1 saturated carbocycles. The standard InChI is InChI=1S/C14H22N4O2/c1-11(17-14(20)12-5-2-6-12)13(19)15-7-3-9-18-10-4-8-16-18/h4,8,10-12H,2-3,5-7,9H2,1H3,(H,15,19)(H,17,20). The lowest BCUT2D eigenvalue weighted by Crippen LogP contribution is -2.47. The lowest BCUT2D eigenvalue weighted by Gasteiger charge is -2.25. The molecule has 1 aliphatic carbocycles. The number of amides is 2. The molecule has 0 aliphatic heterocycles. The molecule has 0 radical (unpaired) electrons. The van der Waals surface area contributed by atoms with Crippen molar-refractivity contribution >= 4 is 11.8 Å². The van der Waals surface area contributed by atoms with Crippen LogP contribution in [0.2, 0.25) is 0 Å². The van der Waals surface area contributed by atoms with Crippen LogP contribution in [-0.4, -0.2) is 34.2 Å². The van der Waals surface area contributed by atoms with Crippen LogP contribution in [0.1, 0.15) is 32.6 Å². The van der Waals surface area contributed by atoms with E-state index >= 15 is 0 Å². The van der Waals surface area contributed by atoms with E-state index in [1.54, 1.807) is 13.1 Å². The molecule has 1 aromatic rings. The molecule has 2 rings (SSSR count). The molecule has 6 nitrogen and oxygen atoms in total. The Balaban J connectivity index is 1.59. The van der Waals surface area contributed by atoms with Crippen molar-refractivity contribution in [1.82, 2.24) is 20.4 Å². The zero-order valence-corrected chi connectivity index (χ0v) is 11.8. The first-order valence-corrected chi connectivity index (χ1v) is 7.22. The van der Waals surface area contributed by atoms with Gasteiger partial charge in [0.25, 0.3) is 0 Å². The van der Waals surface area contributed by atoms with Gasteiger partial charge in [-0.15, -0.1) is 0 Å². The second-order valence-electron chi connectivity index (χ2n) is 5.27. The topological polar surface area (TPSA) is 76.0 Å². The van der Waals surface area contributed by atoms with E-state index in [0.717, 1.165) is 32.2 Å². The second-order valence-corrected chi connectivity index (χ2v) is 5.27. The maximum absolute atomic E-state index is 11.8. The lowest BCUT2D eigenvalue weighted by molar-refractivity contribution is -0.132. The number of nitrogens with one attached hydrogen (secondary N) is 2. The summed E-state index contributed by atoms with van der Waals surface area (Å²) >= 11 is 0. The van der Waals surface area contributed by atoms with Crippen molar-refractivity contribution in [3.8, 4) is 0 Å². The Labute approximate surface area is 118 Å². The van der Waals surface area contributed by atoms with Crippen LogP contribution in [0.25, 0.3) is 0 Å². The smallest absolute Gasteiger partial charge is 0.242 e. The third-order valence-electron chi connectivity index (χ3n) is 3.65. The van der Waals surface area contributed by atoms with Gasteiger partial charge in [-0.2, -0.15) is 5.10 Å². The van der Waals surface area contributed by atoms with Crippen LogP contribution in [0.15, 0.2) is 18.5 Å². The van der Waals surface area contributed by atoms with Crippen molar-refractivity contribution in [3.63, 3.8) is 0 Å². The van der Waals surface area contributed by atoms with E-state index < -0.39 is 6.04 Å². The Morgan fingerprint density at radius 3 is 2.85 bits per heavy atom. The molecule has 1 atom stereocenters. The molecule has 0 saturated heterocycles. The highest BCUT2D eigenvalue weighted by Crippen LogP contribution is 2.26. The van der Waals surface area contributed by atoms with E-state index in [1.165, 1.54) is 0 Å². The first-order chi connectivity index (χ1) is 9.66. The molecule has 1 aliphatic rings. The molecular formula is C14H22N4O2. The molecule has 2 N–H and O–H groups in total. The van der Waals surface area contributed by atoms with Crippen molar-refractivity contribution in [1.29, 1.82) is 0 Å². The summed E-state index contributed by atoms with van der Waals surface area (Å²) in [6.45, 7) is 3.08. The molecule has 1 heterocycles. The molecule has 0 spiro atoms. The SMILES string of the molecule is CC(NC(=O)C1CCC1)C(=O)NCCCn1cccn1. The van der Waals surface area contributed by atoms with Crippen molar-refractivity contribution in [2.45, 2.75) is 45.2 Å². The Morgan fingerprint density at radius 1 is 1.45 bits per heavy atom. The number of aryl methyl sites for hydroxylation is 1. The van der Waals surface area contributed by atoms with Crippen LogP contribution in [0.4, 0.5) is 0 Å². The molecular weight excluding hydrogens is 256 g/mol. The summed E-state index contributed by atoms with van der Waals surface area (Å²) in [4.78, 5) is 23.5. The van der Waals surface area contributed by atoms with Gasteiger partial charge in [0.15, 0.2) is 0 Å². The monoisotopic (exact) mass is 278 g/mol. The number of hydrogen-bond donors (Lipinski definition) is 2. The summed E-state index contributed by atoms with van der Waals surface area (Å²) in [5.41, 5.74) is 0. The summed E-state index contributed by atoms with van der Waals surface area (Å²) in [5, 5.41) is 9.69. The van der Waals surface area contributed by atoms with Crippen LogP contribution < -0.4 is 10.6 Å². The van der Waals surface area contributed by atoms with Crippen LogP contribution in [0, 0.1) is 5.92 Å². The molecule has 0 bridgehead atoms. The van der Waals surface area contributed by atoms with Crippen LogP contribution in [0.5, 0.6) is 0 Å². The summed E-state index contributed by atoms with van der Waals surface area (Å²) in [6.07, 6.45) is 7.46. The number of rotatable bonds is 7. The number of hydrogen-bond acceptors (Lipinski definition) is 3. The lowest BCUT2D eigenvalue weighted by atomic mass is 9.84. The Bertz CT molecular complexity index is 440. The zero-order valence-electron chi connectivity index (χ0n) is 11.8. The van der Waals surface area contributed by atoms with E-state index in [-0.39, 0.29) is 17.7 Å². The zero-order chi connectivity index (χ0) is 14.4. The number of aromatic nitrogens is 2. The minimum atomic E-state index is -0.465. The van der Waals surface area contributed by atoms with Crippen molar-refractivity contribution in [3.05, 3.63) is 18.5 Å². The van der Waals surface area contributed by atoms with Crippen LogP contribution in [-0.2, 0) is 16.1 Å². The van der Waals surface area contributed by atoms with E-state index in [9.17, 15) is 9.59 Å². The van der Waals surface area contributed by atoms with Crippen molar-refractivity contribution in [2.75, 3.05) is 6.54 Å². The molecule has 2 amide bonds. The third kappa shape index (κ3) is 4.08. The normalized spacial score (nSPS) is 16.2. The van der Waals surface area contributed by atoms with Gasteiger partial charge in [0.2, 0.25) is 11.8 Å². The maximum Gasteiger partial charge on any atom is 0.242 e. The highest BCUT2D eigenvalue weighted by atomic mass is 16.2. The largest absolute Gasteiger partial charge is 0.354 e. The van der Waals surface area contributed by atoms with Crippen LogP contribution >= 0.6 is 0 Å². The molecule has 1 fully saturated rings. The van der Waals surface area contributed by atoms with Gasteiger partial charge in [0.1, 0.15) is 6.04 Å². The van der Waals surface area contributed by atoms with Gasteiger partial charge < -0.3 is 10.6 Å². The Morgan fingerprint density at radius 2 is 2.25 bits per heavy atom. The average molecular weight is 278 g/mol. The predicted molar refractivity (Wildman–Crippen MR) is 74.8 cm³/mol. The Hall–Kier alpha value is -1.85. The summed E-state index contributed by atoms with van der Waals surface area (Å²) < 4.78 is 1.83. The summed E-state index contributed by atoms with van der Waals surface area (Å²) in [6, 6.07) is 1.41. The van der Waals surface area contributed by atoms with E-state index in [4.69, 9.17) is 0 Å². The van der Waals surface area contributed by atoms with Crippen molar-refractivity contribution in [2.24, 2.45) is 5.92 Å². The average Bonchev–Trinajstić information content (AvgIpc) is 2.84. The van der Waals surface area contributed by atoms with Gasteiger partial charge in [-0.05, 0) is 32.3 Å². The fraction of sp³-hybridized carbons (Fsp3) is 0.643. The first-order valence-electron chi connectivity index (χ1n) is 7.22. The molecule has 6 heteroatoms. The number of carbonyl (C=O) groups is 2. The minimum Gasteiger partial charge on any atom is -0.354 e. The molecule has 20 heavy (non-hydrogen) atoms. The fourth-order valence-corrected chi connectivity index (χ4v) is 2.11. The van der Waals surface area contributed by atoms with Crippen LogP contribution in [0.3, 0.4) is 0 Å². The number of carbonyl (C=O) groups excluding carboxylic acids is 2. The molecule has 1 unspecified atom stereocenters. The van der Waals surface area contributed by atoms with Gasteiger partial charge in [-0.25, -0.2) is 0 Å². The van der Waals surface area contributed by atoms with E-state index in [2.05, 4.69) is 15.7 Å². The maximum atomic E-state index is 11.8. The quantitative estimate of drug-likeness (QED) is 0.721. The van der Waals surface area contributed by atoms with Gasteiger partial charge in [-0.3, -0.25) is 14.3 Å².